The molecule has 112 valence electrons. The minimum absolute atomic E-state index is 0.165. The number of alkyl halides is 3. The van der Waals surface area contributed by atoms with Gasteiger partial charge in [0, 0.05) is 31.4 Å². The van der Waals surface area contributed by atoms with E-state index in [0.29, 0.717) is 18.2 Å². The second-order valence-corrected chi connectivity index (χ2v) is 5.60. The first-order valence-corrected chi connectivity index (χ1v) is 6.61. The normalized spacial score (nSPS) is 20.8. The van der Waals surface area contributed by atoms with Crippen LogP contribution in [0.25, 0.3) is 0 Å². The summed E-state index contributed by atoms with van der Waals surface area (Å²) in [6.07, 6.45) is -3.30. The summed E-state index contributed by atoms with van der Waals surface area (Å²) in [6.45, 7) is 2.29. The molecule has 1 saturated heterocycles. The lowest BCUT2D eigenvalue weighted by Gasteiger charge is -2.21. The molecule has 0 unspecified atom stereocenters. The predicted octanol–water partition coefficient (Wildman–Crippen LogP) is 2.42. The summed E-state index contributed by atoms with van der Waals surface area (Å²) in [6, 6.07) is 4.27. The molecule has 0 aromatic heterocycles. The average molecular weight is 287 g/mol. The van der Waals surface area contributed by atoms with E-state index in [1.54, 1.807) is 6.07 Å². The Morgan fingerprint density at radius 3 is 2.55 bits per heavy atom. The van der Waals surface area contributed by atoms with Gasteiger partial charge in [0.2, 0.25) is 0 Å². The van der Waals surface area contributed by atoms with E-state index in [9.17, 15) is 13.2 Å². The van der Waals surface area contributed by atoms with Crippen LogP contribution in [0.4, 0.5) is 18.9 Å². The number of hydrogen-bond acceptors (Lipinski definition) is 3. The van der Waals surface area contributed by atoms with Crippen LogP contribution in [-0.2, 0) is 12.7 Å². The van der Waals surface area contributed by atoms with Crippen molar-refractivity contribution in [2.75, 3.05) is 32.9 Å². The quantitative estimate of drug-likeness (QED) is 0.867. The Bertz CT molecular complexity index is 471. The number of nitrogen functional groups attached to an aromatic ring is 1. The van der Waals surface area contributed by atoms with E-state index < -0.39 is 11.7 Å². The van der Waals surface area contributed by atoms with Crippen LogP contribution in [0.5, 0.6) is 0 Å². The molecule has 20 heavy (non-hydrogen) atoms. The van der Waals surface area contributed by atoms with Gasteiger partial charge in [0.1, 0.15) is 0 Å². The van der Waals surface area contributed by atoms with E-state index in [4.69, 9.17) is 5.73 Å². The number of likely N-dealkylation sites (tertiary alicyclic amines) is 1. The third-order valence-corrected chi connectivity index (χ3v) is 3.73. The molecule has 1 aromatic rings. The van der Waals surface area contributed by atoms with Gasteiger partial charge in [0.05, 0.1) is 5.56 Å². The lowest BCUT2D eigenvalue weighted by atomic mass is 10.1. The molecule has 6 heteroatoms. The molecule has 0 saturated carbocycles. The molecule has 0 spiro atoms. The smallest absolute Gasteiger partial charge is 0.399 e. The van der Waals surface area contributed by atoms with Crippen molar-refractivity contribution in [2.45, 2.75) is 25.2 Å². The van der Waals surface area contributed by atoms with Crippen LogP contribution in [0, 0.1) is 0 Å². The maximum Gasteiger partial charge on any atom is 0.416 e. The summed E-state index contributed by atoms with van der Waals surface area (Å²) in [5.41, 5.74) is 5.70. The summed E-state index contributed by atoms with van der Waals surface area (Å²) in [5, 5.41) is 0. The van der Waals surface area contributed by atoms with E-state index in [0.717, 1.165) is 25.6 Å². The molecule has 1 heterocycles. The zero-order valence-corrected chi connectivity index (χ0v) is 11.7. The van der Waals surface area contributed by atoms with Gasteiger partial charge in [0.15, 0.2) is 0 Å². The topological polar surface area (TPSA) is 32.5 Å². The van der Waals surface area contributed by atoms with Crippen molar-refractivity contribution >= 4 is 5.69 Å². The van der Waals surface area contributed by atoms with Crippen molar-refractivity contribution in [1.82, 2.24) is 9.80 Å². The molecule has 0 amide bonds. The number of nitrogens with two attached hydrogens (primary N) is 1. The van der Waals surface area contributed by atoms with Gasteiger partial charge in [-0.05, 0) is 44.3 Å². The number of nitrogens with zero attached hydrogens (tertiary/aromatic N) is 2. The Morgan fingerprint density at radius 1 is 1.30 bits per heavy atom. The highest BCUT2D eigenvalue weighted by Crippen LogP contribution is 2.31. The van der Waals surface area contributed by atoms with Crippen molar-refractivity contribution in [3.8, 4) is 0 Å². The van der Waals surface area contributed by atoms with Gasteiger partial charge in [-0.25, -0.2) is 0 Å². The minimum Gasteiger partial charge on any atom is -0.399 e. The van der Waals surface area contributed by atoms with Crippen LogP contribution in [-0.4, -0.2) is 43.0 Å². The standard InChI is InChI=1S/C14H20F3N3/c1-19(2)13-3-4-20(9-13)8-10-5-11(14(15,16)17)7-12(18)6-10/h5-7,13H,3-4,8-9,18H2,1-2H3/t13-/m0/s1. The fraction of sp³-hybridized carbons (Fsp3) is 0.571. The Morgan fingerprint density at radius 2 is 2.00 bits per heavy atom. The zero-order chi connectivity index (χ0) is 14.9. The zero-order valence-electron chi connectivity index (χ0n) is 11.7. The molecule has 1 fully saturated rings. The van der Waals surface area contributed by atoms with Gasteiger partial charge < -0.3 is 10.6 Å². The first-order valence-electron chi connectivity index (χ1n) is 6.61. The van der Waals surface area contributed by atoms with E-state index in [1.807, 2.05) is 14.1 Å². The van der Waals surface area contributed by atoms with Crippen LogP contribution in [0.2, 0.25) is 0 Å². The molecule has 2 rings (SSSR count). The van der Waals surface area contributed by atoms with Crippen molar-refractivity contribution in [3.05, 3.63) is 29.3 Å². The number of rotatable bonds is 3. The van der Waals surface area contributed by atoms with E-state index in [2.05, 4.69) is 9.80 Å². The van der Waals surface area contributed by atoms with E-state index in [-0.39, 0.29) is 5.69 Å². The Hall–Kier alpha value is -1.27. The average Bonchev–Trinajstić information content (AvgIpc) is 2.75. The monoisotopic (exact) mass is 287 g/mol. The van der Waals surface area contributed by atoms with E-state index >= 15 is 0 Å². The van der Waals surface area contributed by atoms with Gasteiger partial charge in [-0.1, -0.05) is 0 Å². The fourth-order valence-electron chi connectivity index (χ4n) is 2.61. The molecule has 2 N–H and O–H groups in total. The van der Waals surface area contributed by atoms with Gasteiger partial charge >= 0.3 is 6.18 Å². The number of hydrogen-bond donors (Lipinski definition) is 1. The van der Waals surface area contributed by atoms with Crippen LogP contribution in [0.1, 0.15) is 17.5 Å². The highest BCUT2D eigenvalue weighted by Gasteiger charge is 2.31. The van der Waals surface area contributed by atoms with Crippen molar-refractivity contribution in [2.24, 2.45) is 0 Å². The molecule has 1 aliphatic heterocycles. The third kappa shape index (κ3) is 3.64. The Kier molecular flexibility index (Phi) is 4.25. The van der Waals surface area contributed by atoms with Crippen molar-refractivity contribution < 1.29 is 13.2 Å². The lowest BCUT2D eigenvalue weighted by molar-refractivity contribution is -0.137. The molecular formula is C14H20F3N3. The summed E-state index contributed by atoms with van der Waals surface area (Å²) in [7, 11) is 4.05. The van der Waals surface area contributed by atoms with Crippen LogP contribution in [0.15, 0.2) is 18.2 Å². The third-order valence-electron chi connectivity index (χ3n) is 3.73. The van der Waals surface area contributed by atoms with Gasteiger partial charge in [-0.2, -0.15) is 13.2 Å². The second-order valence-electron chi connectivity index (χ2n) is 5.60. The number of benzene rings is 1. The number of halogens is 3. The van der Waals surface area contributed by atoms with Gasteiger partial charge in [-0.3, -0.25) is 4.90 Å². The molecule has 0 radical (unpaired) electrons. The van der Waals surface area contributed by atoms with Gasteiger partial charge in [0.25, 0.3) is 0 Å². The van der Waals surface area contributed by atoms with Crippen LogP contribution >= 0.6 is 0 Å². The fourth-order valence-corrected chi connectivity index (χ4v) is 2.61. The molecule has 0 bridgehead atoms. The maximum absolute atomic E-state index is 12.8. The summed E-state index contributed by atoms with van der Waals surface area (Å²) in [4.78, 5) is 4.32. The molecule has 0 aliphatic carbocycles. The SMILES string of the molecule is CN(C)[C@H]1CCN(Cc2cc(N)cc(C(F)(F)F)c2)C1. The largest absolute Gasteiger partial charge is 0.416 e. The highest BCUT2D eigenvalue weighted by molar-refractivity contribution is 5.45. The molecule has 3 nitrogen and oxygen atoms in total. The minimum atomic E-state index is -4.35. The first-order chi connectivity index (χ1) is 9.25. The number of likely N-dealkylation sites (N-methyl/N-ethyl adjacent to an activating group) is 1. The second kappa shape index (κ2) is 5.61. The Labute approximate surface area is 117 Å². The summed E-state index contributed by atoms with van der Waals surface area (Å²) in [5.74, 6) is 0. The maximum atomic E-state index is 12.8. The lowest BCUT2D eigenvalue weighted by Crippen LogP contribution is -2.31. The van der Waals surface area contributed by atoms with E-state index in [1.165, 1.54) is 6.07 Å². The van der Waals surface area contributed by atoms with Crippen molar-refractivity contribution in [1.29, 1.82) is 0 Å². The Balaban J connectivity index is 2.09. The van der Waals surface area contributed by atoms with Gasteiger partial charge in [-0.15, -0.1) is 0 Å². The van der Waals surface area contributed by atoms with Crippen LogP contribution in [0.3, 0.4) is 0 Å². The molecule has 1 atom stereocenters. The van der Waals surface area contributed by atoms with Crippen molar-refractivity contribution in [3.63, 3.8) is 0 Å². The number of anilines is 1. The molecule has 1 aliphatic rings. The highest BCUT2D eigenvalue weighted by atomic mass is 19.4. The molecule has 1 aromatic carbocycles. The first kappa shape index (κ1) is 15.1. The molecular weight excluding hydrogens is 267 g/mol. The predicted molar refractivity (Wildman–Crippen MR) is 73.2 cm³/mol. The van der Waals surface area contributed by atoms with Crippen LogP contribution < -0.4 is 5.73 Å². The summed E-state index contributed by atoms with van der Waals surface area (Å²) < 4.78 is 38.3. The summed E-state index contributed by atoms with van der Waals surface area (Å²) >= 11 is 0.